The second-order valence-corrected chi connectivity index (χ2v) is 4.78. The molecule has 2 aromatic rings. The number of rotatable bonds is 3. The van der Waals surface area contributed by atoms with Gasteiger partial charge in [0.05, 0.1) is 12.5 Å². The molecule has 1 heterocycles. The molecule has 0 spiro atoms. The minimum absolute atomic E-state index is 0.0803. The Morgan fingerprint density at radius 2 is 2.19 bits per heavy atom. The Bertz CT molecular complexity index is 678. The third-order valence-electron chi connectivity index (χ3n) is 3.13. The van der Waals surface area contributed by atoms with Gasteiger partial charge in [0.25, 0.3) is 5.91 Å². The van der Waals surface area contributed by atoms with E-state index >= 15 is 0 Å². The first-order chi connectivity index (χ1) is 10.1. The molecule has 1 N–H and O–H groups in total. The molecule has 0 aliphatic rings. The van der Waals surface area contributed by atoms with Crippen molar-refractivity contribution < 1.29 is 14.3 Å². The number of nitrogens with zero attached hydrogens (tertiary/aromatic N) is 1. The smallest absolute Gasteiger partial charge is 0.253 e. The SMILES string of the molecule is Cc1ccc(C(=O)N(C)Cc2ccoc2)cc1C#CCO. The third-order valence-corrected chi connectivity index (χ3v) is 3.13. The van der Waals surface area contributed by atoms with Crippen molar-refractivity contribution in [1.29, 1.82) is 0 Å². The lowest BCUT2D eigenvalue weighted by Gasteiger charge is -2.16. The molecule has 0 atom stereocenters. The molecule has 4 nitrogen and oxygen atoms in total. The molecule has 4 heteroatoms. The summed E-state index contributed by atoms with van der Waals surface area (Å²) >= 11 is 0. The van der Waals surface area contributed by atoms with Crippen LogP contribution >= 0.6 is 0 Å². The highest BCUT2D eigenvalue weighted by atomic mass is 16.3. The zero-order chi connectivity index (χ0) is 15.2. The van der Waals surface area contributed by atoms with Gasteiger partial charge >= 0.3 is 0 Å². The van der Waals surface area contributed by atoms with E-state index in [0.717, 1.165) is 16.7 Å². The van der Waals surface area contributed by atoms with Crippen molar-refractivity contribution in [1.82, 2.24) is 4.90 Å². The van der Waals surface area contributed by atoms with E-state index in [9.17, 15) is 4.79 Å². The Morgan fingerprint density at radius 3 is 2.86 bits per heavy atom. The highest BCUT2D eigenvalue weighted by Gasteiger charge is 2.13. The average molecular weight is 283 g/mol. The van der Waals surface area contributed by atoms with E-state index in [2.05, 4.69) is 11.8 Å². The number of hydrogen-bond donors (Lipinski definition) is 1. The Morgan fingerprint density at radius 1 is 1.38 bits per heavy atom. The molecule has 2 rings (SSSR count). The maximum absolute atomic E-state index is 12.4. The average Bonchev–Trinajstić information content (AvgIpc) is 2.98. The summed E-state index contributed by atoms with van der Waals surface area (Å²) in [6, 6.07) is 7.23. The van der Waals surface area contributed by atoms with Crippen LogP contribution in [0, 0.1) is 18.8 Å². The van der Waals surface area contributed by atoms with Crippen molar-refractivity contribution in [3.05, 3.63) is 59.0 Å². The lowest BCUT2D eigenvalue weighted by Crippen LogP contribution is -2.26. The zero-order valence-electron chi connectivity index (χ0n) is 12.1. The molecular weight excluding hydrogens is 266 g/mol. The van der Waals surface area contributed by atoms with Crippen LogP contribution < -0.4 is 0 Å². The summed E-state index contributed by atoms with van der Waals surface area (Å²) in [7, 11) is 1.74. The number of benzene rings is 1. The quantitative estimate of drug-likeness (QED) is 0.879. The first kappa shape index (κ1) is 14.9. The van der Waals surface area contributed by atoms with Gasteiger partial charge in [0.2, 0.25) is 0 Å². The second-order valence-electron chi connectivity index (χ2n) is 4.78. The van der Waals surface area contributed by atoms with E-state index < -0.39 is 0 Å². The van der Waals surface area contributed by atoms with E-state index in [4.69, 9.17) is 9.52 Å². The number of carbonyl (C=O) groups excluding carboxylic acids is 1. The molecule has 0 saturated carbocycles. The summed E-state index contributed by atoms with van der Waals surface area (Å²) in [6.07, 6.45) is 3.21. The van der Waals surface area contributed by atoms with E-state index in [-0.39, 0.29) is 12.5 Å². The van der Waals surface area contributed by atoms with Crippen molar-refractivity contribution in [2.75, 3.05) is 13.7 Å². The van der Waals surface area contributed by atoms with Crippen LogP contribution in [0.3, 0.4) is 0 Å². The Balaban J connectivity index is 2.18. The van der Waals surface area contributed by atoms with Gasteiger partial charge in [0, 0.05) is 30.3 Å². The largest absolute Gasteiger partial charge is 0.472 e. The fourth-order valence-corrected chi connectivity index (χ4v) is 1.97. The summed E-state index contributed by atoms with van der Waals surface area (Å²) in [6.45, 7) is 2.21. The molecule has 108 valence electrons. The molecule has 1 aromatic carbocycles. The lowest BCUT2D eigenvalue weighted by molar-refractivity contribution is 0.0785. The Labute approximate surface area is 124 Å². The van der Waals surface area contributed by atoms with Gasteiger partial charge < -0.3 is 14.4 Å². The van der Waals surface area contributed by atoms with Crippen molar-refractivity contribution in [3.8, 4) is 11.8 Å². The molecule has 1 aromatic heterocycles. The molecule has 0 fully saturated rings. The number of aliphatic hydroxyl groups excluding tert-OH is 1. The molecule has 0 radical (unpaired) electrons. The summed E-state index contributed by atoms with van der Waals surface area (Å²) in [5, 5.41) is 8.77. The van der Waals surface area contributed by atoms with Crippen molar-refractivity contribution in [2.45, 2.75) is 13.5 Å². The fourth-order valence-electron chi connectivity index (χ4n) is 1.97. The second kappa shape index (κ2) is 6.78. The van der Waals surface area contributed by atoms with Gasteiger partial charge in [0.15, 0.2) is 0 Å². The predicted octanol–water partition coefficient (Wildman–Crippen LogP) is 2.20. The van der Waals surface area contributed by atoms with Crippen LogP contribution in [-0.2, 0) is 6.54 Å². The highest BCUT2D eigenvalue weighted by Crippen LogP contribution is 2.13. The molecule has 0 saturated heterocycles. The molecule has 0 aliphatic heterocycles. The van der Waals surface area contributed by atoms with Gasteiger partial charge in [-0.2, -0.15) is 0 Å². The molecule has 0 bridgehead atoms. The van der Waals surface area contributed by atoms with Gasteiger partial charge in [0.1, 0.15) is 6.61 Å². The van der Waals surface area contributed by atoms with E-state index in [1.165, 1.54) is 0 Å². The number of furan rings is 1. The van der Waals surface area contributed by atoms with Crippen LogP contribution in [0.25, 0.3) is 0 Å². The molecule has 0 unspecified atom stereocenters. The minimum atomic E-state index is -0.196. The molecule has 1 amide bonds. The standard InChI is InChI=1S/C17H17NO3/c1-13-5-6-16(10-15(13)4-3-8-19)17(20)18(2)11-14-7-9-21-12-14/h5-7,9-10,12,19H,8,11H2,1-2H3. The molecule has 21 heavy (non-hydrogen) atoms. The predicted molar refractivity (Wildman–Crippen MR) is 79.6 cm³/mol. The fraction of sp³-hybridized carbons (Fsp3) is 0.235. The number of carbonyl (C=O) groups is 1. The van der Waals surface area contributed by atoms with Crippen LogP contribution in [0.4, 0.5) is 0 Å². The van der Waals surface area contributed by atoms with Crippen molar-refractivity contribution in [2.24, 2.45) is 0 Å². The summed E-state index contributed by atoms with van der Waals surface area (Å²) in [5.74, 6) is 5.38. The first-order valence-electron chi connectivity index (χ1n) is 6.58. The maximum atomic E-state index is 12.4. The van der Waals surface area contributed by atoms with Gasteiger partial charge in [-0.15, -0.1) is 0 Å². The number of hydrogen-bond acceptors (Lipinski definition) is 3. The van der Waals surface area contributed by atoms with Gasteiger partial charge in [-0.3, -0.25) is 4.79 Å². The van der Waals surface area contributed by atoms with Gasteiger partial charge in [-0.05, 0) is 30.7 Å². The normalized spacial score (nSPS) is 9.86. The summed E-state index contributed by atoms with van der Waals surface area (Å²) < 4.78 is 5.00. The minimum Gasteiger partial charge on any atom is -0.472 e. The first-order valence-corrected chi connectivity index (χ1v) is 6.58. The van der Waals surface area contributed by atoms with Gasteiger partial charge in [-0.1, -0.05) is 17.9 Å². The van der Waals surface area contributed by atoms with Crippen LogP contribution in [-0.4, -0.2) is 29.6 Å². The number of aliphatic hydroxyl groups is 1. The maximum Gasteiger partial charge on any atom is 0.253 e. The van der Waals surface area contributed by atoms with Gasteiger partial charge in [-0.25, -0.2) is 0 Å². The van der Waals surface area contributed by atoms with E-state index in [1.54, 1.807) is 36.6 Å². The highest BCUT2D eigenvalue weighted by molar-refractivity contribution is 5.94. The Hall–Kier alpha value is -2.51. The molecular formula is C17H17NO3. The monoisotopic (exact) mass is 283 g/mol. The van der Waals surface area contributed by atoms with Crippen molar-refractivity contribution >= 4 is 5.91 Å². The lowest BCUT2D eigenvalue weighted by atomic mass is 10.0. The van der Waals surface area contributed by atoms with Crippen LogP contribution in [0.15, 0.2) is 41.2 Å². The number of amides is 1. The topological polar surface area (TPSA) is 53.7 Å². The molecule has 0 aliphatic carbocycles. The number of aryl methyl sites for hydroxylation is 1. The van der Waals surface area contributed by atoms with Crippen LogP contribution in [0.5, 0.6) is 0 Å². The third kappa shape index (κ3) is 3.74. The zero-order valence-corrected chi connectivity index (χ0v) is 12.1. The van der Waals surface area contributed by atoms with Crippen LogP contribution in [0.2, 0.25) is 0 Å². The van der Waals surface area contributed by atoms with E-state index in [1.807, 2.05) is 19.1 Å². The van der Waals surface area contributed by atoms with Crippen LogP contribution in [0.1, 0.15) is 27.0 Å². The van der Waals surface area contributed by atoms with E-state index in [0.29, 0.717) is 12.1 Å². The summed E-state index contributed by atoms with van der Waals surface area (Å²) in [4.78, 5) is 14.0. The Kier molecular flexibility index (Phi) is 4.81. The summed E-state index contributed by atoms with van der Waals surface area (Å²) in [5.41, 5.74) is 3.25. The van der Waals surface area contributed by atoms with Crippen molar-refractivity contribution in [3.63, 3.8) is 0 Å².